The summed E-state index contributed by atoms with van der Waals surface area (Å²) >= 11 is 2.18. The Bertz CT molecular complexity index is 397. The first kappa shape index (κ1) is 10.2. The fourth-order valence-electron chi connectivity index (χ4n) is 0.893. The van der Waals surface area contributed by atoms with E-state index in [1.807, 2.05) is 6.07 Å². The van der Waals surface area contributed by atoms with Gasteiger partial charge in [0.2, 0.25) is 0 Å². The number of nitrogens with one attached hydrogen (secondary N) is 1. The molecule has 0 amide bonds. The molecule has 0 radical (unpaired) electrons. The number of rotatable bonds is 0. The van der Waals surface area contributed by atoms with Crippen LogP contribution in [0.25, 0.3) is 11.0 Å². The number of hydrogen-bond donors (Lipinski definition) is 4. The van der Waals surface area contributed by atoms with Gasteiger partial charge in [0.1, 0.15) is 5.82 Å². The molecule has 7 heteroatoms. The van der Waals surface area contributed by atoms with Crippen molar-refractivity contribution in [2.45, 2.75) is 0 Å². The highest BCUT2D eigenvalue weighted by Crippen LogP contribution is 2.17. The first-order chi connectivity index (χ1) is 6.27. The molecular weight excluding hydrogens is 283 g/mol. The number of aromatic amines is 1. The topological polar surface area (TPSA) is 120 Å². The van der Waals surface area contributed by atoms with Gasteiger partial charge in [0.15, 0.2) is 5.65 Å². The number of H-pyrrole nitrogens is 1. The molecule has 0 aliphatic rings. The Morgan fingerprint density at radius 2 is 2.08 bits per heavy atom. The number of hydrogen-bond acceptors (Lipinski definition) is 5. The third kappa shape index (κ3) is 2.05. The molecule has 0 saturated carbocycles. The maximum atomic E-state index is 5.58. The smallest absolute Gasteiger partial charge is 0.183 e. The van der Waals surface area contributed by atoms with Gasteiger partial charge in [-0.2, -0.15) is 5.10 Å². The molecule has 2 rings (SSSR count). The van der Waals surface area contributed by atoms with Crippen LogP contribution in [0.5, 0.6) is 0 Å². The molecular formula is C6H9IN6. The zero-order chi connectivity index (χ0) is 9.84. The monoisotopic (exact) mass is 292 g/mol. The summed E-state index contributed by atoms with van der Waals surface area (Å²) < 4.78 is 1.06. The molecule has 0 fully saturated rings. The Morgan fingerprint density at radius 1 is 1.38 bits per heavy atom. The molecule has 0 aliphatic carbocycles. The van der Waals surface area contributed by atoms with Crippen molar-refractivity contribution in [3.05, 3.63) is 15.8 Å². The van der Waals surface area contributed by atoms with Gasteiger partial charge in [-0.15, -0.1) is 0 Å². The van der Waals surface area contributed by atoms with Crippen LogP contribution in [-0.2, 0) is 0 Å². The summed E-state index contributed by atoms with van der Waals surface area (Å²) in [6, 6.07) is 1.95. The lowest BCUT2D eigenvalue weighted by Crippen LogP contribution is -2.02. The van der Waals surface area contributed by atoms with Crippen molar-refractivity contribution in [1.82, 2.24) is 15.2 Å². The molecule has 0 aliphatic heterocycles. The van der Waals surface area contributed by atoms with Crippen molar-refractivity contribution in [3.63, 3.8) is 0 Å². The average molecular weight is 292 g/mol. The van der Waals surface area contributed by atoms with E-state index in [9.17, 15) is 0 Å². The van der Waals surface area contributed by atoms with Crippen molar-refractivity contribution in [2.24, 2.45) is 11.7 Å². The highest BCUT2D eigenvalue weighted by atomic mass is 127. The number of fused-ring (bicyclic) bond motifs is 1. The minimum Gasteiger partial charge on any atom is -0.384 e. The molecule has 0 atom stereocenters. The molecule has 13 heavy (non-hydrogen) atoms. The molecule has 0 spiro atoms. The summed E-state index contributed by atoms with van der Waals surface area (Å²) in [6.45, 7) is 0. The van der Waals surface area contributed by atoms with Crippen LogP contribution >= 0.6 is 22.6 Å². The Hall–Kier alpha value is -0.930. The van der Waals surface area contributed by atoms with Crippen molar-refractivity contribution >= 4 is 39.4 Å². The van der Waals surface area contributed by atoms with Crippen LogP contribution < -0.4 is 17.4 Å². The van der Waals surface area contributed by atoms with Crippen molar-refractivity contribution in [1.29, 1.82) is 0 Å². The summed E-state index contributed by atoms with van der Waals surface area (Å²) in [4.78, 5) is 4.07. The number of nitrogens with two attached hydrogens (primary N) is 3. The SMILES string of the molecule is NN.Nc1[nH]nc2ncc(I)cc12. The van der Waals surface area contributed by atoms with Gasteiger partial charge in [0.05, 0.1) is 5.39 Å². The van der Waals surface area contributed by atoms with E-state index in [0.29, 0.717) is 11.5 Å². The first-order valence-electron chi connectivity index (χ1n) is 3.36. The highest BCUT2D eigenvalue weighted by molar-refractivity contribution is 14.1. The zero-order valence-corrected chi connectivity index (χ0v) is 8.82. The van der Waals surface area contributed by atoms with Crippen LogP contribution in [0.4, 0.5) is 5.82 Å². The largest absolute Gasteiger partial charge is 0.384 e. The summed E-state index contributed by atoms with van der Waals surface area (Å²) in [7, 11) is 0. The van der Waals surface area contributed by atoms with Crippen LogP contribution in [0.2, 0.25) is 0 Å². The second-order valence-corrected chi connectivity index (χ2v) is 3.41. The van der Waals surface area contributed by atoms with E-state index in [2.05, 4.69) is 49.5 Å². The quantitative estimate of drug-likeness (QED) is 0.308. The van der Waals surface area contributed by atoms with Gasteiger partial charge in [-0.3, -0.25) is 16.8 Å². The molecule has 0 unspecified atom stereocenters. The van der Waals surface area contributed by atoms with E-state index >= 15 is 0 Å². The summed E-state index contributed by atoms with van der Waals surface area (Å²) in [5.41, 5.74) is 6.25. The molecule has 0 saturated heterocycles. The van der Waals surface area contributed by atoms with Crippen LogP contribution in [0.15, 0.2) is 12.3 Å². The Kier molecular flexibility index (Phi) is 3.39. The minimum atomic E-state index is 0.575. The van der Waals surface area contributed by atoms with Gasteiger partial charge < -0.3 is 5.73 Å². The number of halogens is 1. The van der Waals surface area contributed by atoms with Crippen molar-refractivity contribution in [3.8, 4) is 0 Å². The summed E-state index contributed by atoms with van der Waals surface area (Å²) in [5, 5.41) is 7.45. The lowest BCUT2D eigenvalue weighted by molar-refractivity contribution is 1.10. The van der Waals surface area contributed by atoms with E-state index in [1.54, 1.807) is 6.20 Å². The van der Waals surface area contributed by atoms with E-state index in [4.69, 9.17) is 5.73 Å². The van der Waals surface area contributed by atoms with E-state index in [-0.39, 0.29) is 0 Å². The van der Waals surface area contributed by atoms with Crippen molar-refractivity contribution < 1.29 is 0 Å². The average Bonchev–Trinajstić information content (AvgIpc) is 2.52. The third-order valence-corrected chi connectivity index (χ3v) is 2.00. The second-order valence-electron chi connectivity index (χ2n) is 2.16. The molecule has 0 bridgehead atoms. The Labute approximate surface area is 88.0 Å². The second kappa shape index (κ2) is 4.35. The lowest BCUT2D eigenvalue weighted by atomic mass is 10.3. The maximum absolute atomic E-state index is 5.58. The summed E-state index contributed by atoms with van der Waals surface area (Å²) in [6.07, 6.45) is 1.75. The third-order valence-electron chi connectivity index (χ3n) is 1.41. The number of nitrogen functional groups attached to an aromatic ring is 1. The van der Waals surface area contributed by atoms with Gasteiger partial charge in [0, 0.05) is 9.77 Å². The van der Waals surface area contributed by atoms with Gasteiger partial charge in [-0.05, 0) is 28.7 Å². The number of pyridine rings is 1. The Balaban J connectivity index is 0.000000396. The van der Waals surface area contributed by atoms with E-state index in [1.165, 1.54) is 0 Å². The van der Waals surface area contributed by atoms with Gasteiger partial charge >= 0.3 is 0 Å². The van der Waals surface area contributed by atoms with Gasteiger partial charge in [0.25, 0.3) is 0 Å². The number of hydrazine groups is 1. The molecule has 6 nitrogen and oxygen atoms in total. The maximum Gasteiger partial charge on any atom is 0.183 e. The van der Waals surface area contributed by atoms with Crippen LogP contribution in [0, 0.1) is 3.57 Å². The Morgan fingerprint density at radius 3 is 2.77 bits per heavy atom. The van der Waals surface area contributed by atoms with Gasteiger partial charge in [-0.25, -0.2) is 4.98 Å². The zero-order valence-electron chi connectivity index (χ0n) is 6.66. The van der Waals surface area contributed by atoms with E-state index < -0.39 is 0 Å². The first-order valence-corrected chi connectivity index (χ1v) is 4.43. The molecule has 2 aromatic heterocycles. The summed E-state index contributed by atoms with van der Waals surface area (Å²) in [5.74, 6) is 8.58. The number of aromatic nitrogens is 3. The predicted octanol–water partition coefficient (Wildman–Crippen LogP) is -0.0365. The number of anilines is 1. The molecule has 70 valence electrons. The van der Waals surface area contributed by atoms with Gasteiger partial charge in [-0.1, -0.05) is 0 Å². The predicted molar refractivity (Wildman–Crippen MR) is 59.4 cm³/mol. The van der Waals surface area contributed by atoms with Crippen LogP contribution in [-0.4, -0.2) is 15.2 Å². The molecule has 2 heterocycles. The lowest BCUT2D eigenvalue weighted by Gasteiger charge is -1.88. The molecule has 7 N–H and O–H groups in total. The van der Waals surface area contributed by atoms with E-state index in [0.717, 1.165) is 8.96 Å². The normalized spacial score (nSPS) is 9.46. The number of nitrogens with zero attached hydrogens (tertiary/aromatic N) is 2. The minimum absolute atomic E-state index is 0.575. The fourth-order valence-corrected chi connectivity index (χ4v) is 1.34. The standard InChI is InChI=1S/C6H5IN4.H4N2/c7-3-1-4-5(8)10-11-6(4)9-2-3;1-2/h1-2H,(H3,8,9,10,11);1-2H2. The fraction of sp³-hybridized carbons (Fsp3) is 0. The molecule has 0 aromatic carbocycles. The van der Waals surface area contributed by atoms with Crippen LogP contribution in [0.3, 0.4) is 0 Å². The highest BCUT2D eigenvalue weighted by Gasteiger charge is 2.01. The van der Waals surface area contributed by atoms with Crippen molar-refractivity contribution in [2.75, 3.05) is 5.73 Å². The molecule has 2 aromatic rings. The van der Waals surface area contributed by atoms with Crippen LogP contribution in [0.1, 0.15) is 0 Å².